The molecule has 1 fully saturated rings. The van der Waals surface area contributed by atoms with E-state index in [4.69, 9.17) is 9.84 Å². The Labute approximate surface area is 124 Å². The van der Waals surface area contributed by atoms with Crippen molar-refractivity contribution in [3.63, 3.8) is 0 Å². The largest absolute Gasteiger partial charge is 0.480 e. The number of hydrogen-bond acceptors (Lipinski definition) is 3. The van der Waals surface area contributed by atoms with Gasteiger partial charge in [0.2, 0.25) is 5.91 Å². The molecule has 1 N–H and O–H groups in total. The first-order valence-corrected chi connectivity index (χ1v) is 7.30. The van der Waals surface area contributed by atoms with Crippen LogP contribution in [0.15, 0.2) is 30.3 Å². The van der Waals surface area contributed by atoms with Crippen LogP contribution in [0.3, 0.4) is 0 Å². The highest BCUT2D eigenvalue weighted by molar-refractivity contribution is 5.83. The predicted octanol–water partition coefficient (Wildman–Crippen LogP) is 2.09. The van der Waals surface area contributed by atoms with Crippen molar-refractivity contribution >= 4 is 11.9 Å². The van der Waals surface area contributed by atoms with E-state index in [0.717, 1.165) is 18.4 Å². The maximum atomic E-state index is 12.6. The molecular formula is C16H21NO4. The van der Waals surface area contributed by atoms with Crippen LogP contribution in [0, 0.1) is 5.92 Å². The van der Waals surface area contributed by atoms with Gasteiger partial charge in [-0.2, -0.15) is 0 Å². The topological polar surface area (TPSA) is 66.8 Å². The Hall–Kier alpha value is -1.88. The molecular weight excluding hydrogens is 270 g/mol. The molecule has 5 heteroatoms. The van der Waals surface area contributed by atoms with Crippen LogP contribution in [0.2, 0.25) is 0 Å². The van der Waals surface area contributed by atoms with Crippen molar-refractivity contribution < 1.29 is 19.4 Å². The number of hydrogen-bond donors (Lipinski definition) is 1. The molecule has 2 atom stereocenters. The van der Waals surface area contributed by atoms with E-state index in [0.29, 0.717) is 13.2 Å². The lowest BCUT2D eigenvalue weighted by atomic mass is 9.88. The lowest BCUT2D eigenvalue weighted by Gasteiger charge is -2.34. The van der Waals surface area contributed by atoms with Crippen LogP contribution in [0.25, 0.3) is 0 Å². The summed E-state index contributed by atoms with van der Waals surface area (Å²) in [5.74, 6) is -1.42. The Kier molecular flexibility index (Phi) is 5.33. The summed E-state index contributed by atoms with van der Waals surface area (Å²) in [6.45, 7) is 2.56. The summed E-state index contributed by atoms with van der Waals surface area (Å²) in [6.07, 6.45) is 1.27. The molecule has 2 rings (SSSR count). The van der Waals surface area contributed by atoms with E-state index in [-0.39, 0.29) is 24.5 Å². The molecule has 0 radical (unpaired) electrons. The van der Waals surface area contributed by atoms with Gasteiger partial charge in [0.25, 0.3) is 0 Å². The average Bonchev–Trinajstić information content (AvgIpc) is 2.52. The minimum Gasteiger partial charge on any atom is -0.480 e. The monoisotopic (exact) mass is 291 g/mol. The van der Waals surface area contributed by atoms with Gasteiger partial charge in [0.1, 0.15) is 6.54 Å². The smallest absolute Gasteiger partial charge is 0.323 e. The van der Waals surface area contributed by atoms with Gasteiger partial charge < -0.3 is 14.7 Å². The van der Waals surface area contributed by atoms with Crippen LogP contribution < -0.4 is 0 Å². The molecule has 1 aliphatic rings. The first-order valence-electron chi connectivity index (χ1n) is 7.30. The molecule has 5 nitrogen and oxygen atoms in total. The third-order valence-electron chi connectivity index (χ3n) is 3.79. The number of rotatable bonds is 5. The number of ether oxygens (including phenoxy) is 1. The van der Waals surface area contributed by atoms with Crippen LogP contribution in [0.5, 0.6) is 0 Å². The molecule has 1 aromatic carbocycles. The zero-order valence-electron chi connectivity index (χ0n) is 12.2. The van der Waals surface area contributed by atoms with Crippen LogP contribution >= 0.6 is 0 Å². The summed E-state index contributed by atoms with van der Waals surface area (Å²) >= 11 is 0. The molecule has 114 valence electrons. The molecule has 1 aromatic rings. The standard InChI is InChI=1S/C16H21NO4/c1-2-17(11-14(18)19)16(20)13-9-6-10-21-15(13)12-7-4-3-5-8-12/h3-5,7-8,13,15H,2,6,9-11H2,1H3,(H,18,19). The van der Waals surface area contributed by atoms with Crippen LogP contribution in [-0.2, 0) is 14.3 Å². The average molecular weight is 291 g/mol. The van der Waals surface area contributed by atoms with Gasteiger partial charge in [-0.1, -0.05) is 30.3 Å². The zero-order chi connectivity index (χ0) is 15.2. The van der Waals surface area contributed by atoms with Crippen molar-refractivity contribution in [1.82, 2.24) is 4.90 Å². The van der Waals surface area contributed by atoms with Crippen molar-refractivity contribution in [3.8, 4) is 0 Å². The number of amides is 1. The molecule has 1 amide bonds. The predicted molar refractivity (Wildman–Crippen MR) is 77.7 cm³/mol. The number of benzene rings is 1. The molecule has 0 aliphatic carbocycles. The second-order valence-electron chi connectivity index (χ2n) is 5.20. The summed E-state index contributed by atoms with van der Waals surface area (Å²) in [5, 5.41) is 8.92. The Morgan fingerprint density at radius 1 is 1.33 bits per heavy atom. The highest BCUT2D eigenvalue weighted by atomic mass is 16.5. The van der Waals surface area contributed by atoms with Gasteiger partial charge in [-0.15, -0.1) is 0 Å². The third kappa shape index (κ3) is 3.82. The summed E-state index contributed by atoms with van der Waals surface area (Å²) in [4.78, 5) is 24.9. The Bertz CT molecular complexity index is 488. The molecule has 0 bridgehead atoms. The second kappa shape index (κ2) is 7.22. The maximum absolute atomic E-state index is 12.6. The van der Waals surface area contributed by atoms with Gasteiger partial charge in [-0.25, -0.2) is 0 Å². The number of carbonyl (C=O) groups is 2. The van der Waals surface area contributed by atoms with Crippen LogP contribution in [-0.4, -0.2) is 41.6 Å². The summed E-state index contributed by atoms with van der Waals surface area (Å²) in [5.41, 5.74) is 0.974. The Morgan fingerprint density at radius 3 is 2.67 bits per heavy atom. The van der Waals surface area contributed by atoms with Gasteiger partial charge in [-0.3, -0.25) is 9.59 Å². The fourth-order valence-corrected chi connectivity index (χ4v) is 2.75. The van der Waals surface area contributed by atoms with E-state index in [2.05, 4.69) is 0 Å². The minimum atomic E-state index is -0.988. The van der Waals surface area contributed by atoms with Gasteiger partial charge in [0.15, 0.2) is 0 Å². The molecule has 0 aromatic heterocycles. The van der Waals surface area contributed by atoms with Gasteiger partial charge in [0.05, 0.1) is 12.0 Å². The van der Waals surface area contributed by atoms with Crippen molar-refractivity contribution in [2.45, 2.75) is 25.9 Å². The zero-order valence-corrected chi connectivity index (χ0v) is 12.2. The maximum Gasteiger partial charge on any atom is 0.323 e. The van der Waals surface area contributed by atoms with Crippen molar-refractivity contribution in [2.75, 3.05) is 19.7 Å². The van der Waals surface area contributed by atoms with Crippen molar-refractivity contribution in [2.24, 2.45) is 5.92 Å². The van der Waals surface area contributed by atoms with E-state index in [1.54, 1.807) is 6.92 Å². The van der Waals surface area contributed by atoms with Gasteiger partial charge in [-0.05, 0) is 25.3 Å². The number of carboxylic acids is 1. The molecule has 1 aliphatic heterocycles. The van der Waals surface area contributed by atoms with Crippen LogP contribution in [0.4, 0.5) is 0 Å². The normalized spacial score (nSPS) is 21.8. The Morgan fingerprint density at radius 2 is 2.05 bits per heavy atom. The number of likely N-dealkylation sites (N-methyl/N-ethyl adjacent to an activating group) is 1. The fourth-order valence-electron chi connectivity index (χ4n) is 2.75. The number of aliphatic carboxylic acids is 1. The highest BCUT2D eigenvalue weighted by Crippen LogP contribution is 2.34. The van der Waals surface area contributed by atoms with Gasteiger partial charge >= 0.3 is 5.97 Å². The highest BCUT2D eigenvalue weighted by Gasteiger charge is 2.35. The number of carboxylic acid groups (broad SMARTS) is 1. The summed E-state index contributed by atoms with van der Waals surface area (Å²) in [7, 11) is 0. The fraction of sp³-hybridized carbons (Fsp3) is 0.500. The molecule has 1 heterocycles. The lowest BCUT2D eigenvalue weighted by Crippen LogP contribution is -2.43. The quantitative estimate of drug-likeness (QED) is 0.902. The van der Waals surface area contributed by atoms with E-state index in [9.17, 15) is 9.59 Å². The molecule has 0 spiro atoms. The Balaban J connectivity index is 2.18. The molecule has 0 saturated carbocycles. The summed E-state index contributed by atoms with van der Waals surface area (Å²) in [6, 6.07) is 9.66. The SMILES string of the molecule is CCN(CC(=O)O)C(=O)C1CCCOC1c1ccccc1. The summed E-state index contributed by atoms with van der Waals surface area (Å²) < 4.78 is 5.80. The molecule has 2 unspecified atom stereocenters. The van der Waals surface area contributed by atoms with Crippen LogP contribution in [0.1, 0.15) is 31.4 Å². The van der Waals surface area contributed by atoms with Crippen molar-refractivity contribution in [3.05, 3.63) is 35.9 Å². The molecule has 1 saturated heterocycles. The first kappa shape index (κ1) is 15.5. The lowest BCUT2D eigenvalue weighted by molar-refractivity contribution is -0.151. The minimum absolute atomic E-state index is 0.131. The van der Waals surface area contributed by atoms with Crippen molar-refractivity contribution in [1.29, 1.82) is 0 Å². The van der Waals surface area contributed by atoms with E-state index >= 15 is 0 Å². The van der Waals surface area contributed by atoms with Gasteiger partial charge in [0, 0.05) is 13.2 Å². The number of nitrogens with zero attached hydrogens (tertiary/aromatic N) is 1. The first-order chi connectivity index (χ1) is 10.1. The second-order valence-corrected chi connectivity index (χ2v) is 5.20. The number of carbonyl (C=O) groups excluding carboxylic acids is 1. The van der Waals surface area contributed by atoms with E-state index in [1.165, 1.54) is 4.90 Å². The van der Waals surface area contributed by atoms with E-state index < -0.39 is 5.97 Å². The van der Waals surface area contributed by atoms with E-state index in [1.807, 2.05) is 30.3 Å². The third-order valence-corrected chi connectivity index (χ3v) is 3.79. The molecule has 21 heavy (non-hydrogen) atoms.